The Bertz CT molecular complexity index is 961. The van der Waals surface area contributed by atoms with Gasteiger partial charge < -0.3 is 9.47 Å². The lowest BCUT2D eigenvalue weighted by Crippen LogP contribution is -2.07. The number of hydrogen-bond donors (Lipinski definition) is 1. The van der Waals surface area contributed by atoms with Crippen LogP contribution >= 0.6 is 0 Å². The molecule has 1 atom stereocenters. The summed E-state index contributed by atoms with van der Waals surface area (Å²) in [4.78, 5) is 0. The molecule has 4 heteroatoms. The Kier molecular flexibility index (Phi) is 6.19. The van der Waals surface area contributed by atoms with Crippen LogP contribution in [-0.4, -0.2) is 24.4 Å². The molecule has 28 heavy (non-hydrogen) atoms. The highest BCUT2D eigenvalue weighted by molar-refractivity contribution is 5.70. The topological polar surface area (TPSA) is 47.1 Å². The van der Waals surface area contributed by atoms with Crippen molar-refractivity contribution in [3.05, 3.63) is 75.8 Å². The molecule has 1 aromatic heterocycles. The van der Waals surface area contributed by atoms with Gasteiger partial charge in [0.15, 0.2) is 0 Å². The van der Waals surface area contributed by atoms with Gasteiger partial charge in [0.1, 0.15) is 11.5 Å². The second kappa shape index (κ2) is 8.79. The lowest BCUT2D eigenvalue weighted by Gasteiger charge is -2.21. The Morgan fingerprint density at radius 3 is 2.61 bits per heavy atom. The quantitative estimate of drug-likeness (QED) is 0.693. The first-order valence-electron chi connectivity index (χ1n) is 9.51. The lowest BCUT2D eigenvalue weighted by atomic mass is 9.88. The fourth-order valence-electron chi connectivity index (χ4n) is 3.27. The van der Waals surface area contributed by atoms with Crippen LogP contribution in [0.4, 0.5) is 0 Å². The molecule has 0 aliphatic heterocycles. The van der Waals surface area contributed by atoms with E-state index in [9.17, 15) is 0 Å². The number of ether oxygens (including phenoxy) is 2. The first-order valence-corrected chi connectivity index (χ1v) is 9.51. The van der Waals surface area contributed by atoms with Gasteiger partial charge in [-0.15, -0.1) is 0 Å². The maximum Gasteiger partial charge on any atom is 0.122 e. The van der Waals surface area contributed by atoms with Crippen molar-refractivity contribution in [2.75, 3.05) is 14.2 Å². The van der Waals surface area contributed by atoms with Crippen molar-refractivity contribution >= 4 is 18.2 Å². The first-order chi connectivity index (χ1) is 13.5. The Labute approximate surface area is 167 Å². The molecule has 0 amide bonds. The number of aryl methyl sites for hydroxylation is 1. The number of allylic oxidation sites excluding steroid dienone is 4. The number of hydrogen-bond acceptors (Lipinski definition) is 3. The smallest absolute Gasteiger partial charge is 0.122 e. The summed E-state index contributed by atoms with van der Waals surface area (Å²) in [5, 5.41) is 7.44. The summed E-state index contributed by atoms with van der Waals surface area (Å²) in [7, 11) is 3.42. The first kappa shape index (κ1) is 19.7. The number of H-pyrrole nitrogens is 1. The zero-order chi connectivity index (χ0) is 20.1. The van der Waals surface area contributed by atoms with Gasteiger partial charge in [-0.05, 0) is 78.8 Å². The summed E-state index contributed by atoms with van der Waals surface area (Å²) in [6.45, 7) is 6.40. The number of nitrogens with zero attached hydrogens (tertiary/aromatic N) is 1. The molecule has 0 radical (unpaired) electrons. The molecule has 1 unspecified atom stereocenters. The highest BCUT2D eigenvalue weighted by Gasteiger charge is 2.16. The molecule has 3 rings (SSSR count). The van der Waals surface area contributed by atoms with E-state index in [1.54, 1.807) is 14.2 Å². The van der Waals surface area contributed by atoms with E-state index in [0.29, 0.717) is 5.92 Å². The second-order valence-corrected chi connectivity index (χ2v) is 7.22. The Morgan fingerprint density at radius 1 is 1.04 bits per heavy atom. The largest absolute Gasteiger partial charge is 0.497 e. The summed E-state index contributed by atoms with van der Waals surface area (Å²) in [5.41, 5.74) is 6.63. The molecule has 146 valence electrons. The van der Waals surface area contributed by atoms with Crippen LogP contribution < -0.4 is 4.74 Å². The molecule has 1 N–H and O–H groups in total. The van der Waals surface area contributed by atoms with Crippen LogP contribution in [0.3, 0.4) is 0 Å². The van der Waals surface area contributed by atoms with Crippen molar-refractivity contribution in [1.82, 2.24) is 10.2 Å². The van der Waals surface area contributed by atoms with Crippen molar-refractivity contribution in [3.63, 3.8) is 0 Å². The fraction of sp³-hybridized carbons (Fsp3) is 0.292. The Balaban J connectivity index is 1.70. The monoisotopic (exact) mass is 376 g/mol. The Morgan fingerprint density at radius 2 is 1.86 bits per heavy atom. The van der Waals surface area contributed by atoms with E-state index in [2.05, 4.69) is 48.3 Å². The number of aromatic nitrogens is 2. The minimum Gasteiger partial charge on any atom is -0.497 e. The maximum atomic E-state index is 5.49. The van der Waals surface area contributed by atoms with E-state index in [-0.39, 0.29) is 0 Å². The molecular formula is C24H28N2O2. The number of aromatic amines is 1. The third-order valence-corrected chi connectivity index (χ3v) is 5.18. The van der Waals surface area contributed by atoms with E-state index in [0.717, 1.165) is 40.4 Å². The van der Waals surface area contributed by atoms with Gasteiger partial charge in [-0.3, -0.25) is 5.10 Å². The van der Waals surface area contributed by atoms with Crippen molar-refractivity contribution in [2.45, 2.75) is 27.2 Å². The van der Waals surface area contributed by atoms with Crippen molar-refractivity contribution in [2.24, 2.45) is 5.92 Å². The van der Waals surface area contributed by atoms with Crippen LogP contribution in [0, 0.1) is 12.8 Å². The zero-order valence-electron chi connectivity index (χ0n) is 17.2. The standard InChI is InChI=1S/C24H28N2O2/c1-16-6-7-19(13-23(16)27-4)8-10-21-15-22(26-25-21)11-9-20-12-17(2)18(3)24(14-20)28-5/h6-11,13-15,17H,12H2,1-5H3,(H,25,26). The predicted octanol–water partition coefficient (Wildman–Crippen LogP) is 5.80. The van der Waals surface area contributed by atoms with Crippen LogP contribution in [0.2, 0.25) is 0 Å². The van der Waals surface area contributed by atoms with Crippen LogP contribution in [0.1, 0.15) is 42.8 Å². The summed E-state index contributed by atoms with van der Waals surface area (Å²) in [5.74, 6) is 2.35. The van der Waals surface area contributed by atoms with Crippen molar-refractivity contribution in [3.8, 4) is 5.75 Å². The number of methoxy groups -OCH3 is 2. The molecule has 0 fully saturated rings. The van der Waals surface area contributed by atoms with Gasteiger partial charge in [0, 0.05) is 0 Å². The van der Waals surface area contributed by atoms with Gasteiger partial charge >= 0.3 is 0 Å². The van der Waals surface area contributed by atoms with E-state index >= 15 is 0 Å². The molecule has 0 saturated carbocycles. The molecule has 1 aromatic carbocycles. The molecular weight excluding hydrogens is 348 g/mol. The maximum absolute atomic E-state index is 5.49. The van der Waals surface area contributed by atoms with Gasteiger partial charge in [-0.2, -0.15) is 5.10 Å². The van der Waals surface area contributed by atoms with Gasteiger partial charge in [0.2, 0.25) is 0 Å². The summed E-state index contributed by atoms with van der Waals surface area (Å²) < 4.78 is 10.9. The Hall–Kier alpha value is -3.01. The van der Waals surface area contributed by atoms with E-state index in [1.165, 1.54) is 11.1 Å². The van der Waals surface area contributed by atoms with Gasteiger partial charge in [-0.25, -0.2) is 0 Å². The van der Waals surface area contributed by atoms with Crippen LogP contribution in [-0.2, 0) is 4.74 Å². The van der Waals surface area contributed by atoms with Crippen molar-refractivity contribution < 1.29 is 9.47 Å². The minimum absolute atomic E-state index is 0.490. The molecule has 0 spiro atoms. The molecule has 1 aliphatic rings. The van der Waals surface area contributed by atoms with Crippen LogP contribution in [0.5, 0.6) is 5.75 Å². The fourth-order valence-corrected chi connectivity index (χ4v) is 3.27. The molecule has 4 nitrogen and oxygen atoms in total. The second-order valence-electron chi connectivity index (χ2n) is 7.22. The average molecular weight is 377 g/mol. The summed E-state index contributed by atoms with van der Waals surface area (Å²) in [6, 6.07) is 8.19. The highest BCUT2D eigenvalue weighted by atomic mass is 16.5. The number of rotatable bonds is 6. The molecule has 1 aliphatic carbocycles. The third kappa shape index (κ3) is 4.63. The summed E-state index contributed by atoms with van der Waals surface area (Å²) in [6.07, 6.45) is 11.4. The van der Waals surface area contributed by atoms with Crippen molar-refractivity contribution in [1.29, 1.82) is 0 Å². The summed E-state index contributed by atoms with van der Waals surface area (Å²) >= 11 is 0. The van der Waals surface area contributed by atoms with E-state index in [1.807, 2.05) is 37.3 Å². The SMILES string of the molecule is COC1=C(C)C(C)CC(C=Cc2cc(C=Cc3ccc(C)c(OC)c3)[nH]n2)=C1. The molecule has 0 saturated heterocycles. The van der Waals surface area contributed by atoms with Gasteiger partial charge in [0.25, 0.3) is 0 Å². The molecule has 2 aromatic rings. The number of benzene rings is 1. The lowest BCUT2D eigenvalue weighted by molar-refractivity contribution is 0.293. The molecule has 0 bridgehead atoms. The average Bonchev–Trinajstić information content (AvgIpc) is 3.16. The molecule has 1 heterocycles. The van der Waals surface area contributed by atoms with E-state index < -0.39 is 0 Å². The van der Waals surface area contributed by atoms with Crippen LogP contribution in [0.25, 0.3) is 18.2 Å². The predicted molar refractivity (Wildman–Crippen MR) is 116 cm³/mol. The minimum atomic E-state index is 0.490. The van der Waals surface area contributed by atoms with E-state index in [4.69, 9.17) is 9.47 Å². The normalized spacial score (nSPS) is 17.5. The van der Waals surface area contributed by atoms with Gasteiger partial charge in [-0.1, -0.05) is 31.2 Å². The highest BCUT2D eigenvalue weighted by Crippen LogP contribution is 2.30. The van der Waals surface area contributed by atoms with Crippen LogP contribution in [0.15, 0.2) is 53.3 Å². The third-order valence-electron chi connectivity index (χ3n) is 5.18. The number of nitrogens with one attached hydrogen (secondary N) is 1. The zero-order valence-corrected chi connectivity index (χ0v) is 17.2. The van der Waals surface area contributed by atoms with Gasteiger partial charge in [0.05, 0.1) is 25.6 Å².